The molecule has 6 heteroatoms. The molecule has 0 aromatic heterocycles. The quantitative estimate of drug-likeness (QED) is 0.417. The van der Waals surface area contributed by atoms with E-state index in [9.17, 15) is 4.79 Å². The van der Waals surface area contributed by atoms with Gasteiger partial charge in [-0.25, -0.2) is 0 Å². The van der Waals surface area contributed by atoms with Crippen molar-refractivity contribution in [3.8, 4) is 0 Å². The van der Waals surface area contributed by atoms with Crippen molar-refractivity contribution in [3.63, 3.8) is 0 Å². The van der Waals surface area contributed by atoms with Gasteiger partial charge >= 0.3 is 0 Å². The molecule has 0 amide bonds. The van der Waals surface area contributed by atoms with Crippen LogP contribution in [0.3, 0.4) is 0 Å². The molecule has 0 rings (SSSR count). The van der Waals surface area contributed by atoms with Crippen molar-refractivity contribution >= 4 is 20.6 Å². The van der Waals surface area contributed by atoms with Crippen molar-refractivity contribution in [3.05, 3.63) is 0 Å². The first-order valence-electron chi connectivity index (χ1n) is 2.85. The summed E-state index contributed by atoms with van der Waals surface area (Å²) in [6, 6.07) is 0. The van der Waals surface area contributed by atoms with Crippen molar-refractivity contribution in [1.82, 2.24) is 0 Å². The standard InChI is InChI=1S/C5H9BrO5/c6-5(11)4(10)3(9)2(8)1-7/h2-4,7-10H,1H2/t2-,3+,4-/m1/s1. The molecule has 0 aliphatic carbocycles. The summed E-state index contributed by atoms with van der Waals surface area (Å²) in [5, 5.41) is 34.6. The van der Waals surface area contributed by atoms with Crippen LogP contribution in [-0.4, -0.2) is 50.0 Å². The summed E-state index contributed by atoms with van der Waals surface area (Å²) < 4.78 is -0.836. The van der Waals surface area contributed by atoms with E-state index in [1.165, 1.54) is 0 Å². The molecule has 0 saturated carbocycles. The molecule has 0 saturated heterocycles. The molecule has 0 heterocycles. The number of aliphatic hydroxyl groups is 4. The van der Waals surface area contributed by atoms with Crippen molar-refractivity contribution in [2.45, 2.75) is 18.3 Å². The Morgan fingerprint density at radius 1 is 1.36 bits per heavy atom. The van der Waals surface area contributed by atoms with Crippen LogP contribution in [0.4, 0.5) is 0 Å². The first-order chi connectivity index (χ1) is 5.00. The molecular formula is C5H9BrO5. The van der Waals surface area contributed by atoms with Crippen LogP contribution < -0.4 is 0 Å². The van der Waals surface area contributed by atoms with Crippen LogP contribution in [-0.2, 0) is 4.79 Å². The summed E-state index contributed by atoms with van der Waals surface area (Å²) in [7, 11) is 0. The molecule has 0 aromatic rings. The molecule has 0 bridgehead atoms. The van der Waals surface area contributed by atoms with Crippen molar-refractivity contribution < 1.29 is 25.2 Å². The van der Waals surface area contributed by atoms with Gasteiger partial charge in [0.1, 0.15) is 12.2 Å². The van der Waals surface area contributed by atoms with Crippen molar-refractivity contribution in [2.75, 3.05) is 6.61 Å². The largest absolute Gasteiger partial charge is 0.394 e. The second-order valence-electron chi connectivity index (χ2n) is 1.99. The first-order valence-corrected chi connectivity index (χ1v) is 3.64. The monoisotopic (exact) mass is 228 g/mol. The second kappa shape index (κ2) is 4.78. The van der Waals surface area contributed by atoms with Gasteiger partial charge in [-0.05, 0) is 15.9 Å². The molecule has 0 radical (unpaired) electrons. The van der Waals surface area contributed by atoms with E-state index in [0.717, 1.165) is 0 Å². The minimum atomic E-state index is -1.71. The molecule has 0 aromatic carbocycles. The predicted molar refractivity (Wildman–Crippen MR) is 39.0 cm³/mol. The maximum absolute atomic E-state index is 10.3. The van der Waals surface area contributed by atoms with E-state index in [1.807, 2.05) is 0 Å². The van der Waals surface area contributed by atoms with Crippen LogP contribution in [0.2, 0.25) is 0 Å². The number of rotatable bonds is 4. The van der Waals surface area contributed by atoms with E-state index in [1.54, 1.807) is 0 Å². The van der Waals surface area contributed by atoms with Gasteiger partial charge in [0.25, 0.3) is 0 Å². The fraction of sp³-hybridized carbons (Fsp3) is 0.800. The lowest BCUT2D eigenvalue weighted by atomic mass is 10.1. The third kappa shape index (κ3) is 3.26. The van der Waals surface area contributed by atoms with Gasteiger partial charge in [-0.3, -0.25) is 4.79 Å². The van der Waals surface area contributed by atoms with E-state index in [2.05, 4.69) is 15.9 Å². The molecule has 0 aliphatic rings. The van der Waals surface area contributed by atoms with Crippen molar-refractivity contribution in [2.24, 2.45) is 0 Å². The molecular weight excluding hydrogens is 220 g/mol. The smallest absolute Gasteiger partial charge is 0.228 e. The Hall–Kier alpha value is -0.0100. The van der Waals surface area contributed by atoms with E-state index in [0.29, 0.717) is 0 Å². The maximum Gasteiger partial charge on any atom is 0.228 e. The van der Waals surface area contributed by atoms with E-state index in [-0.39, 0.29) is 0 Å². The van der Waals surface area contributed by atoms with Gasteiger partial charge in [0.05, 0.1) is 6.61 Å². The SMILES string of the molecule is O=C(Br)[C@H](O)[C@@H](O)[C@H](O)CO. The summed E-state index contributed by atoms with van der Waals surface area (Å²) >= 11 is 2.40. The van der Waals surface area contributed by atoms with Gasteiger partial charge in [-0.15, -0.1) is 0 Å². The summed E-state index contributed by atoms with van der Waals surface area (Å²) in [5.41, 5.74) is 0. The minimum absolute atomic E-state index is 0.710. The van der Waals surface area contributed by atoms with Crippen LogP contribution in [0.25, 0.3) is 0 Å². The van der Waals surface area contributed by atoms with Gasteiger partial charge in [0, 0.05) is 0 Å². The molecule has 0 aliphatic heterocycles. The van der Waals surface area contributed by atoms with Gasteiger partial charge in [-0.2, -0.15) is 0 Å². The zero-order valence-corrected chi connectivity index (χ0v) is 7.10. The molecule has 5 nitrogen and oxygen atoms in total. The van der Waals surface area contributed by atoms with Crippen LogP contribution in [0.15, 0.2) is 0 Å². The Labute approximate surface area is 71.4 Å². The lowest BCUT2D eigenvalue weighted by Gasteiger charge is -2.18. The summed E-state index contributed by atoms with van der Waals surface area (Å²) in [6.45, 7) is -0.710. The minimum Gasteiger partial charge on any atom is -0.394 e. The third-order valence-corrected chi connectivity index (χ3v) is 1.61. The average molecular weight is 229 g/mol. The predicted octanol–water partition coefficient (Wildman–Crippen LogP) is -2.02. The Balaban J connectivity index is 4.00. The maximum atomic E-state index is 10.3. The number of halogens is 1. The van der Waals surface area contributed by atoms with E-state index < -0.39 is 29.6 Å². The Bertz CT molecular complexity index is 139. The zero-order chi connectivity index (χ0) is 9.02. The van der Waals surface area contributed by atoms with E-state index in [4.69, 9.17) is 20.4 Å². The van der Waals surface area contributed by atoms with Crippen LogP contribution in [0, 0.1) is 0 Å². The average Bonchev–Trinajstić information content (AvgIpc) is 2.00. The summed E-state index contributed by atoms with van der Waals surface area (Å²) in [6.07, 6.45) is -4.88. The molecule has 4 N–H and O–H groups in total. The lowest BCUT2D eigenvalue weighted by Crippen LogP contribution is -2.42. The Kier molecular flexibility index (Phi) is 4.78. The first kappa shape index (κ1) is 11.0. The molecule has 66 valence electrons. The highest BCUT2D eigenvalue weighted by Crippen LogP contribution is 2.04. The van der Waals surface area contributed by atoms with E-state index >= 15 is 0 Å². The Morgan fingerprint density at radius 2 is 1.82 bits per heavy atom. The summed E-state index contributed by atoms with van der Waals surface area (Å²) in [4.78, 5) is 10.3. The molecule has 0 spiro atoms. The van der Waals surface area contributed by atoms with Crippen LogP contribution in [0.5, 0.6) is 0 Å². The van der Waals surface area contributed by atoms with Gasteiger partial charge < -0.3 is 20.4 Å². The molecule has 3 atom stereocenters. The second-order valence-corrected chi connectivity index (χ2v) is 2.77. The van der Waals surface area contributed by atoms with Crippen LogP contribution >= 0.6 is 15.9 Å². The normalized spacial score (nSPS) is 19.0. The van der Waals surface area contributed by atoms with Crippen LogP contribution in [0.1, 0.15) is 0 Å². The number of hydrogen-bond donors (Lipinski definition) is 4. The summed E-state index contributed by atoms with van der Waals surface area (Å²) in [5.74, 6) is 0. The van der Waals surface area contributed by atoms with Gasteiger partial charge in [0.2, 0.25) is 4.69 Å². The topological polar surface area (TPSA) is 98.0 Å². The molecule has 0 unspecified atom stereocenters. The fourth-order valence-corrected chi connectivity index (χ4v) is 0.724. The number of carbonyl (C=O) groups is 1. The zero-order valence-electron chi connectivity index (χ0n) is 5.51. The van der Waals surface area contributed by atoms with Gasteiger partial charge in [-0.1, -0.05) is 0 Å². The van der Waals surface area contributed by atoms with Gasteiger partial charge in [0.15, 0.2) is 6.10 Å². The number of hydrogen-bond acceptors (Lipinski definition) is 5. The third-order valence-electron chi connectivity index (χ3n) is 1.14. The highest BCUT2D eigenvalue weighted by atomic mass is 79.9. The van der Waals surface area contributed by atoms with Crippen molar-refractivity contribution in [1.29, 1.82) is 0 Å². The highest BCUT2D eigenvalue weighted by Gasteiger charge is 2.28. The lowest BCUT2D eigenvalue weighted by molar-refractivity contribution is -0.130. The number of carbonyl (C=O) groups excluding carboxylic acids is 1. The fourth-order valence-electron chi connectivity index (χ4n) is 0.453. The molecule has 0 fully saturated rings. The highest BCUT2D eigenvalue weighted by molar-refractivity contribution is 9.18. The Morgan fingerprint density at radius 3 is 2.09 bits per heavy atom. The number of aliphatic hydroxyl groups excluding tert-OH is 4. The molecule has 11 heavy (non-hydrogen) atoms.